The Labute approximate surface area is 172 Å². The summed E-state index contributed by atoms with van der Waals surface area (Å²) in [5.74, 6) is 0.0267. The van der Waals surface area contributed by atoms with Crippen LogP contribution in [-0.2, 0) is 6.54 Å². The van der Waals surface area contributed by atoms with Crippen molar-refractivity contribution in [1.82, 2.24) is 9.47 Å². The predicted molar refractivity (Wildman–Crippen MR) is 116 cm³/mol. The van der Waals surface area contributed by atoms with Crippen LogP contribution in [0.15, 0.2) is 40.5 Å². The minimum atomic E-state index is 0. The van der Waals surface area contributed by atoms with Gasteiger partial charge in [0.25, 0.3) is 0 Å². The highest BCUT2D eigenvalue weighted by molar-refractivity contribution is 7.16. The van der Waals surface area contributed by atoms with E-state index < -0.39 is 0 Å². The molecule has 0 bridgehead atoms. The molecular weight excluding hydrogens is 400 g/mol. The summed E-state index contributed by atoms with van der Waals surface area (Å²) in [6.45, 7) is 3.91. The number of thiazole rings is 1. The zero-order valence-corrected chi connectivity index (χ0v) is 17.5. The Morgan fingerprint density at radius 1 is 1.04 bits per heavy atom. The SMILES string of the molecule is Cl.O=C(c1ccc2c(c1)sc(=O)n2CCN1CCCCCC1)c1cccs1. The van der Waals surface area contributed by atoms with Crippen LogP contribution in [0.4, 0.5) is 0 Å². The summed E-state index contributed by atoms with van der Waals surface area (Å²) in [4.78, 5) is 28.3. The van der Waals surface area contributed by atoms with Crippen LogP contribution in [0.25, 0.3) is 10.2 Å². The summed E-state index contributed by atoms with van der Waals surface area (Å²) >= 11 is 2.69. The zero-order chi connectivity index (χ0) is 17.9. The number of carbonyl (C=O) groups is 1. The van der Waals surface area contributed by atoms with E-state index in [4.69, 9.17) is 0 Å². The maximum Gasteiger partial charge on any atom is 0.308 e. The van der Waals surface area contributed by atoms with E-state index in [2.05, 4.69) is 4.90 Å². The number of hydrogen-bond donors (Lipinski definition) is 0. The standard InChI is InChI=1S/C20H22N2O2S2.ClH/c23-19(17-6-5-13-25-17)15-7-8-16-18(14-15)26-20(24)22(16)12-11-21-9-3-1-2-4-10-21;/h5-8,13-14H,1-4,9-12H2;1H. The van der Waals surface area contributed by atoms with Crippen molar-refractivity contribution in [3.05, 3.63) is 55.8 Å². The number of ketones is 1. The van der Waals surface area contributed by atoms with Gasteiger partial charge in [-0.15, -0.1) is 23.7 Å². The topological polar surface area (TPSA) is 42.3 Å². The molecule has 1 aromatic carbocycles. The number of nitrogens with zero attached hydrogens (tertiary/aromatic N) is 2. The summed E-state index contributed by atoms with van der Waals surface area (Å²) in [5, 5.41) is 1.91. The van der Waals surface area contributed by atoms with Gasteiger partial charge in [0.1, 0.15) is 0 Å². The van der Waals surface area contributed by atoms with E-state index in [9.17, 15) is 9.59 Å². The first kappa shape index (κ1) is 20.3. The van der Waals surface area contributed by atoms with Crippen molar-refractivity contribution < 1.29 is 4.79 Å². The molecule has 1 aliphatic rings. The van der Waals surface area contributed by atoms with E-state index in [1.165, 1.54) is 48.4 Å². The van der Waals surface area contributed by atoms with Gasteiger partial charge in [-0.3, -0.25) is 14.2 Å². The van der Waals surface area contributed by atoms with Crippen molar-refractivity contribution in [1.29, 1.82) is 0 Å². The second-order valence-corrected chi connectivity index (χ2v) is 8.71. The van der Waals surface area contributed by atoms with Crippen molar-refractivity contribution in [3.8, 4) is 0 Å². The lowest BCUT2D eigenvalue weighted by Gasteiger charge is -2.19. The fourth-order valence-corrected chi connectivity index (χ4v) is 5.21. The van der Waals surface area contributed by atoms with Gasteiger partial charge in [0.15, 0.2) is 0 Å². The third-order valence-electron chi connectivity index (χ3n) is 5.01. The molecule has 2 aromatic heterocycles. The lowest BCUT2D eigenvalue weighted by atomic mass is 10.1. The minimum Gasteiger partial charge on any atom is -0.302 e. The third-order valence-corrected chi connectivity index (χ3v) is 6.82. The summed E-state index contributed by atoms with van der Waals surface area (Å²) in [6.07, 6.45) is 5.15. The van der Waals surface area contributed by atoms with Gasteiger partial charge < -0.3 is 4.90 Å². The molecule has 0 atom stereocenters. The molecular formula is C20H23ClN2O2S2. The molecule has 0 radical (unpaired) electrons. The average Bonchev–Trinajstić information content (AvgIpc) is 3.20. The third kappa shape index (κ3) is 4.51. The van der Waals surface area contributed by atoms with Crippen molar-refractivity contribution >= 4 is 51.1 Å². The molecule has 0 saturated carbocycles. The monoisotopic (exact) mass is 422 g/mol. The molecule has 0 aliphatic carbocycles. The lowest BCUT2D eigenvalue weighted by Crippen LogP contribution is -2.30. The number of hydrogen-bond acceptors (Lipinski definition) is 5. The number of aromatic nitrogens is 1. The van der Waals surface area contributed by atoms with E-state index in [1.807, 2.05) is 40.3 Å². The van der Waals surface area contributed by atoms with Gasteiger partial charge in [0.2, 0.25) is 5.78 Å². The fraction of sp³-hybridized carbons (Fsp3) is 0.400. The molecule has 1 aliphatic heterocycles. The van der Waals surface area contributed by atoms with Gasteiger partial charge in [0.05, 0.1) is 15.1 Å². The highest BCUT2D eigenvalue weighted by Crippen LogP contribution is 2.22. The molecule has 4 nitrogen and oxygen atoms in total. The lowest BCUT2D eigenvalue weighted by molar-refractivity contribution is 0.104. The maximum atomic E-state index is 12.5. The molecule has 144 valence electrons. The molecule has 4 rings (SSSR count). The highest BCUT2D eigenvalue weighted by Gasteiger charge is 2.15. The van der Waals surface area contributed by atoms with E-state index in [-0.39, 0.29) is 23.1 Å². The Bertz CT molecular complexity index is 954. The fourth-order valence-electron chi connectivity index (χ4n) is 3.57. The Morgan fingerprint density at radius 2 is 1.81 bits per heavy atom. The number of benzene rings is 1. The molecule has 0 amide bonds. The number of carbonyl (C=O) groups excluding carboxylic acids is 1. The molecule has 3 aromatic rings. The van der Waals surface area contributed by atoms with Crippen LogP contribution in [0.3, 0.4) is 0 Å². The zero-order valence-electron chi connectivity index (χ0n) is 15.1. The van der Waals surface area contributed by atoms with Gasteiger partial charge >= 0.3 is 4.87 Å². The molecule has 7 heteroatoms. The second kappa shape index (κ2) is 9.15. The Kier molecular flexibility index (Phi) is 6.87. The Balaban J connectivity index is 0.00000210. The Hall–Kier alpha value is -1.47. The molecule has 0 N–H and O–H groups in total. The molecule has 0 unspecified atom stereocenters. The van der Waals surface area contributed by atoms with E-state index >= 15 is 0 Å². The van der Waals surface area contributed by atoms with Gasteiger partial charge in [-0.05, 0) is 55.6 Å². The quantitative estimate of drug-likeness (QED) is 0.562. The summed E-state index contributed by atoms with van der Waals surface area (Å²) < 4.78 is 2.76. The van der Waals surface area contributed by atoms with Crippen molar-refractivity contribution in [3.63, 3.8) is 0 Å². The summed E-state index contributed by atoms with van der Waals surface area (Å²) in [7, 11) is 0. The number of halogens is 1. The predicted octanol–water partition coefficient (Wildman–Crippen LogP) is 4.65. The van der Waals surface area contributed by atoms with E-state index in [0.717, 1.165) is 41.3 Å². The van der Waals surface area contributed by atoms with Crippen LogP contribution < -0.4 is 4.87 Å². The van der Waals surface area contributed by atoms with Crippen molar-refractivity contribution in [2.24, 2.45) is 0 Å². The maximum absolute atomic E-state index is 12.5. The van der Waals surface area contributed by atoms with Gasteiger partial charge in [0, 0.05) is 18.7 Å². The van der Waals surface area contributed by atoms with Crippen LogP contribution in [0, 0.1) is 0 Å². The van der Waals surface area contributed by atoms with E-state index in [1.54, 1.807) is 0 Å². The normalized spacial score (nSPS) is 15.4. The second-order valence-electron chi connectivity index (χ2n) is 6.76. The number of likely N-dealkylation sites (tertiary alicyclic amines) is 1. The summed E-state index contributed by atoms with van der Waals surface area (Å²) in [6, 6.07) is 9.36. The number of rotatable bonds is 5. The average molecular weight is 423 g/mol. The Morgan fingerprint density at radius 3 is 2.52 bits per heavy atom. The molecule has 27 heavy (non-hydrogen) atoms. The van der Waals surface area contributed by atoms with Crippen LogP contribution in [0.2, 0.25) is 0 Å². The van der Waals surface area contributed by atoms with Crippen LogP contribution >= 0.6 is 35.1 Å². The van der Waals surface area contributed by atoms with Crippen molar-refractivity contribution in [2.45, 2.75) is 32.2 Å². The first-order chi connectivity index (χ1) is 12.7. The molecule has 1 saturated heterocycles. The number of thiophene rings is 1. The van der Waals surface area contributed by atoms with Gasteiger partial charge in [-0.25, -0.2) is 0 Å². The molecule has 3 heterocycles. The van der Waals surface area contributed by atoms with E-state index in [0.29, 0.717) is 5.56 Å². The van der Waals surface area contributed by atoms with Crippen LogP contribution in [-0.4, -0.2) is 34.9 Å². The minimum absolute atomic E-state index is 0. The largest absolute Gasteiger partial charge is 0.308 e. The van der Waals surface area contributed by atoms with Gasteiger partial charge in [-0.1, -0.05) is 30.2 Å². The first-order valence-electron chi connectivity index (χ1n) is 9.16. The van der Waals surface area contributed by atoms with Gasteiger partial charge in [-0.2, -0.15) is 0 Å². The highest BCUT2D eigenvalue weighted by atomic mass is 35.5. The molecule has 1 fully saturated rings. The van der Waals surface area contributed by atoms with Crippen LogP contribution in [0.5, 0.6) is 0 Å². The number of fused-ring (bicyclic) bond motifs is 1. The van der Waals surface area contributed by atoms with Crippen LogP contribution in [0.1, 0.15) is 40.9 Å². The summed E-state index contributed by atoms with van der Waals surface area (Å²) in [5.41, 5.74) is 1.60. The smallest absolute Gasteiger partial charge is 0.302 e. The first-order valence-corrected chi connectivity index (χ1v) is 10.9. The molecule has 0 spiro atoms. The van der Waals surface area contributed by atoms with Crippen molar-refractivity contribution in [2.75, 3.05) is 19.6 Å².